The smallest absolute Gasteiger partial charge is 0.312 e. The molecule has 1 atom stereocenters. The number of nitrogens with zero attached hydrogens (tertiary/aromatic N) is 1. The van der Waals surface area contributed by atoms with Crippen LogP contribution in [0.15, 0.2) is 41.3 Å². The van der Waals surface area contributed by atoms with E-state index in [0.29, 0.717) is 29.5 Å². The van der Waals surface area contributed by atoms with Crippen molar-refractivity contribution in [3.8, 4) is 0 Å². The third-order valence-corrected chi connectivity index (χ3v) is 5.01. The summed E-state index contributed by atoms with van der Waals surface area (Å²) < 4.78 is 1.85. The number of hydrogen-bond acceptors (Lipinski definition) is 3. The monoisotopic (exact) mass is 329 g/mol. The summed E-state index contributed by atoms with van der Waals surface area (Å²) >= 11 is 1.72. The van der Waals surface area contributed by atoms with E-state index in [1.807, 2.05) is 28.8 Å². The molecule has 0 aliphatic carbocycles. The van der Waals surface area contributed by atoms with Crippen LogP contribution < -0.4 is 0 Å². The summed E-state index contributed by atoms with van der Waals surface area (Å²) in [5, 5.41) is 9.70. The number of fused-ring (bicyclic) bond motifs is 1. The van der Waals surface area contributed by atoms with Gasteiger partial charge in [0, 0.05) is 27.9 Å². The van der Waals surface area contributed by atoms with Crippen LogP contribution in [0, 0.1) is 0 Å². The lowest BCUT2D eigenvalue weighted by Gasteiger charge is -2.08. The summed E-state index contributed by atoms with van der Waals surface area (Å²) in [5.41, 5.74) is 1.96. The van der Waals surface area contributed by atoms with Crippen molar-refractivity contribution in [3.63, 3.8) is 0 Å². The number of carbonyl (C=O) groups excluding carboxylic acids is 1. The molecule has 5 heteroatoms. The Balaban J connectivity index is 1.91. The molecule has 1 unspecified atom stereocenters. The lowest BCUT2D eigenvalue weighted by atomic mass is 10.1. The molecule has 2 heterocycles. The van der Waals surface area contributed by atoms with Gasteiger partial charge < -0.3 is 9.67 Å². The van der Waals surface area contributed by atoms with Crippen molar-refractivity contribution in [1.29, 1.82) is 0 Å². The Hall–Kier alpha value is -2.01. The zero-order valence-electron chi connectivity index (χ0n) is 13.2. The predicted molar refractivity (Wildman–Crippen MR) is 90.3 cm³/mol. The molecular weight excluding hydrogens is 310 g/mol. The molecule has 0 radical (unpaired) electrons. The van der Waals surface area contributed by atoms with Gasteiger partial charge in [0.2, 0.25) is 5.78 Å². The molecule has 0 fully saturated rings. The second-order valence-electron chi connectivity index (χ2n) is 6.00. The lowest BCUT2D eigenvalue weighted by molar-refractivity contribution is -0.138. The fourth-order valence-electron chi connectivity index (χ4n) is 3.02. The van der Waals surface area contributed by atoms with Gasteiger partial charge in [-0.2, -0.15) is 0 Å². The van der Waals surface area contributed by atoms with Gasteiger partial charge in [0.25, 0.3) is 0 Å². The van der Waals surface area contributed by atoms with Crippen molar-refractivity contribution in [2.75, 3.05) is 0 Å². The maximum Gasteiger partial charge on any atom is 0.312 e. The van der Waals surface area contributed by atoms with Gasteiger partial charge in [-0.1, -0.05) is 26.0 Å². The lowest BCUT2D eigenvalue weighted by Crippen LogP contribution is -2.10. The van der Waals surface area contributed by atoms with E-state index in [-0.39, 0.29) is 5.78 Å². The van der Waals surface area contributed by atoms with Crippen molar-refractivity contribution in [2.45, 2.75) is 42.9 Å². The Labute approximate surface area is 139 Å². The number of thioether (sulfide) groups is 1. The van der Waals surface area contributed by atoms with E-state index < -0.39 is 11.9 Å². The summed E-state index contributed by atoms with van der Waals surface area (Å²) in [6, 6.07) is 11.1. The Morgan fingerprint density at radius 1 is 1.26 bits per heavy atom. The molecule has 1 aromatic heterocycles. The highest BCUT2D eigenvalue weighted by molar-refractivity contribution is 7.99. The molecule has 2 aromatic rings. The van der Waals surface area contributed by atoms with Crippen LogP contribution in [0.2, 0.25) is 0 Å². The van der Waals surface area contributed by atoms with Crippen LogP contribution in [0.1, 0.15) is 47.9 Å². The number of carboxylic acids is 1. The first-order chi connectivity index (χ1) is 11.0. The molecule has 0 saturated heterocycles. The minimum Gasteiger partial charge on any atom is -0.481 e. The van der Waals surface area contributed by atoms with Crippen LogP contribution in [-0.4, -0.2) is 26.7 Å². The summed E-state index contributed by atoms with van der Waals surface area (Å²) in [5.74, 6) is -1.37. The van der Waals surface area contributed by atoms with E-state index >= 15 is 0 Å². The number of ketones is 1. The van der Waals surface area contributed by atoms with Crippen LogP contribution in [0.5, 0.6) is 0 Å². The maximum absolute atomic E-state index is 12.8. The maximum atomic E-state index is 12.8. The predicted octanol–water partition coefficient (Wildman–Crippen LogP) is 3.79. The van der Waals surface area contributed by atoms with Gasteiger partial charge in [-0.05, 0) is 30.7 Å². The average Bonchev–Trinajstić information content (AvgIpc) is 3.07. The first kappa shape index (κ1) is 15.9. The Bertz CT molecular complexity index is 763. The van der Waals surface area contributed by atoms with Crippen molar-refractivity contribution < 1.29 is 14.7 Å². The van der Waals surface area contributed by atoms with Crippen LogP contribution in [0.3, 0.4) is 0 Å². The fraction of sp³-hybridized carbons (Fsp3) is 0.333. The molecule has 3 rings (SSSR count). The first-order valence-electron chi connectivity index (χ1n) is 7.71. The fourth-order valence-corrected chi connectivity index (χ4v) is 3.92. The Morgan fingerprint density at radius 2 is 2.04 bits per heavy atom. The SMILES string of the molecule is CC(C)Sc1cccc(C(=O)c2ccc3n2CCC3C(=O)O)c1. The third kappa shape index (κ3) is 3.06. The highest BCUT2D eigenvalue weighted by Gasteiger charge is 2.31. The van der Waals surface area contributed by atoms with Crippen molar-refractivity contribution in [2.24, 2.45) is 0 Å². The summed E-state index contributed by atoms with van der Waals surface area (Å²) in [7, 11) is 0. The molecule has 0 saturated carbocycles. The van der Waals surface area contributed by atoms with Crippen molar-refractivity contribution in [1.82, 2.24) is 4.57 Å². The molecule has 1 aliphatic heterocycles. The molecule has 0 bridgehead atoms. The molecule has 120 valence electrons. The molecule has 0 amide bonds. The van der Waals surface area contributed by atoms with E-state index in [1.54, 1.807) is 23.9 Å². The summed E-state index contributed by atoms with van der Waals surface area (Å²) in [6.07, 6.45) is 0.551. The molecule has 1 aliphatic rings. The largest absolute Gasteiger partial charge is 0.481 e. The van der Waals surface area contributed by atoms with Crippen LogP contribution in [-0.2, 0) is 11.3 Å². The number of carbonyl (C=O) groups is 2. The van der Waals surface area contributed by atoms with Crippen LogP contribution in [0.4, 0.5) is 0 Å². The quantitative estimate of drug-likeness (QED) is 0.670. The molecule has 0 spiro atoms. The summed E-state index contributed by atoms with van der Waals surface area (Å²) in [4.78, 5) is 25.1. The molecule has 4 nitrogen and oxygen atoms in total. The van der Waals surface area contributed by atoms with Gasteiger partial charge >= 0.3 is 5.97 Å². The van der Waals surface area contributed by atoms with Crippen LogP contribution >= 0.6 is 11.8 Å². The number of benzene rings is 1. The molecule has 1 N–H and O–H groups in total. The number of aromatic nitrogens is 1. The molecule has 1 aromatic carbocycles. The van der Waals surface area contributed by atoms with Crippen molar-refractivity contribution in [3.05, 3.63) is 53.3 Å². The van der Waals surface area contributed by atoms with E-state index in [4.69, 9.17) is 0 Å². The van der Waals surface area contributed by atoms with Gasteiger partial charge in [-0.3, -0.25) is 9.59 Å². The number of aliphatic carboxylic acids is 1. The molecule has 23 heavy (non-hydrogen) atoms. The number of rotatable bonds is 5. The second kappa shape index (κ2) is 6.24. The van der Waals surface area contributed by atoms with E-state index in [9.17, 15) is 14.7 Å². The third-order valence-electron chi connectivity index (χ3n) is 4.01. The number of hydrogen-bond donors (Lipinski definition) is 1. The Kier molecular flexibility index (Phi) is 4.31. The van der Waals surface area contributed by atoms with Crippen molar-refractivity contribution >= 4 is 23.5 Å². The van der Waals surface area contributed by atoms with Gasteiger partial charge in [0.1, 0.15) is 0 Å². The second-order valence-corrected chi connectivity index (χ2v) is 7.65. The summed E-state index contributed by atoms with van der Waals surface area (Å²) in [6.45, 7) is 4.82. The van der Waals surface area contributed by atoms with Crippen LogP contribution in [0.25, 0.3) is 0 Å². The Morgan fingerprint density at radius 3 is 2.74 bits per heavy atom. The minimum absolute atomic E-state index is 0.0477. The number of carboxylic acid groups (broad SMARTS) is 1. The molecular formula is C18H19NO3S. The highest BCUT2D eigenvalue weighted by atomic mass is 32.2. The topological polar surface area (TPSA) is 59.3 Å². The zero-order chi connectivity index (χ0) is 16.6. The normalized spacial score (nSPS) is 16.6. The minimum atomic E-state index is -0.823. The standard InChI is InChI=1S/C18H19NO3S/c1-11(2)23-13-5-3-4-12(10-13)17(20)16-7-6-15-14(18(21)22)8-9-19(15)16/h3-7,10-11,14H,8-9H2,1-2H3,(H,21,22). The van der Waals surface area contributed by atoms with E-state index in [1.165, 1.54) is 0 Å². The van der Waals surface area contributed by atoms with Gasteiger partial charge in [-0.25, -0.2) is 0 Å². The highest BCUT2D eigenvalue weighted by Crippen LogP contribution is 2.32. The average molecular weight is 329 g/mol. The van der Waals surface area contributed by atoms with E-state index in [0.717, 1.165) is 10.6 Å². The van der Waals surface area contributed by atoms with E-state index in [2.05, 4.69) is 13.8 Å². The van der Waals surface area contributed by atoms with Gasteiger partial charge in [0.15, 0.2) is 0 Å². The van der Waals surface area contributed by atoms with Gasteiger partial charge in [0.05, 0.1) is 11.6 Å². The van der Waals surface area contributed by atoms with Gasteiger partial charge in [-0.15, -0.1) is 11.8 Å². The zero-order valence-corrected chi connectivity index (χ0v) is 14.0. The first-order valence-corrected chi connectivity index (χ1v) is 8.59.